The molecule has 4 rings (SSSR count). The SMILES string of the molecule is CC(=COC(C)C)c1ccc(O)c2c1C[C@H]1C[C@H]3[C@H](N(C)C)C(=O)C(C(N)=O)C(=O)[C@@]3(O)C(=O)C1C2=O. The average Bonchev–Trinajstić information content (AvgIpc) is 2.79. The second-order valence-electron chi connectivity index (χ2n) is 10.8. The highest BCUT2D eigenvalue weighted by Gasteiger charge is 2.69. The molecule has 0 aromatic heterocycles. The predicted octanol–water partition coefficient (Wildman–Crippen LogP) is 0.653. The zero-order chi connectivity index (χ0) is 27.6. The van der Waals surface area contributed by atoms with E-state index in [4.69, 9.17) is 10.5 Å². The molecular weight excluding hydrogens is 480 g/mol. The lowest BCUT2D eigenvalue weighted by molar-refractivity contribution is -0.181. The third-order valence-electron chi connectivity index (χ3n) is 7.89. The number of phenols is 1. The minimum atomic E-state index is -2.73. The molecule has 1 aromatic rings. The van der Waals surface area contributed by atoms with Gasteiger partial charge in [-0.25, -0.2) is 0 Å². The number of amides is 1. The van der Waals surface area contributed by atoms with E-state index in [-0.39, 0.29) is 30.3 Å². The number of likely N-dealkylation sites (N-methyl/N-ethyl adjacent to an activating group) is 1. The van der Waals surface area contributed by atoms with Crippen LogP contribution >= 0.6 is 0 Å². The van der Waals surface area contributed by atoms with E-state index in [2.05, 4.69) is 0 Å². The molecule has 0 heterocycles. The smallest absolute Gasteiger partial charge is 0.235 e. The van der Waals surface area contributed by atoms with Gasteiger partial charge in [-0.15, -0.1) is 0 Å². The molecular formula is C27H32N2O8. The highest BCUT2D eigenvalue weighted by molar-refractivity contribution is 6.32. The fourth-order valence-electron chi connectivity index (χ4n) is 6.28. The van der Waals surface area contributed by atoms with Gasteiger partial charge in [0.25, 0.3) is 0 Å². The molecule has 0 bridgehead atoms. The Kier molecular flexibility index (Phi) is 6.62. The van der Waals surface area contributed by atoms with Crippen LogP contribution < -0.4 is 5.73 Å². The van der Waals surface area contributed by atoms with Gasteiger partial charge >= 0.3 is 0 Å². The maximum Gasteiger partial charge on any atom is 0.235 e. The topological polar surface area (TPSA) is 164 Å². The van der Waals surface area contributed by atoms with Gasteiger partial charge in [-0.3, -0.25) is 28.9 Å². The Morgan fingerprint density at radius 1 is 1.19 bits per heavy atom. The number of fused-ring (bicyclic) bond motifs is 3. The lowest BCUT2D eigenvalue weighted by Crippen LogP contribution is -2.74. The lowest BCUT2D eigenvalue weighted by Gasteiger charge is -2.52. The molecule has 10 nitrogen and oxygen atoms in total. The quantitative estimate of drug-likeness (QED) is 0.379. The Morgan fingerprint density at radius 2 is 1.84 bits per heavy atom. The molecule has 3 aliphatic carbocycles. The van der Waals surface area contributed by atoms with Crippen molar-refractivity contribution >= 4 is 34.6 Å². The molecule has 4 N–H and O–H groups in total. The van der Waals surface area contributed by atoms with Gasteiger partial charge in [0.2, 0.25) is 5.91 Å². The summed E-state index contributed by atoms with van der Waals surface area (Å²) < 4.78 is 5.59. The van der Waals surface area contributed by atoms with Gasteiger partial charge in [0, 0.05) is 5.92 Å². The minimum Gasteiger partial charge on any atom is -0.507 e. The standard InChI is InChI=1S/C27H32N2O8/c1-11(2)37-10-12(3)14-6-7-17(30)19-15(14)8-13-9-16-21(29(4)5)23(32)20(26(28)35)25(34)27(16,36)24(33)18(13)22(19)31/h6-7,10-11,13,16,18,20-21,30,36H,8-9H2,1-5H3,(H2,28,35)/t13-,16-,18?,20?,21-,27-/m0/s1. The first-order valence-corrected chi connectivity index (χ1v) is 12.3. The first-order valence-electron chi connectivity index (χ1n) is 12.3. The van der Waals surface area contributed by atoms with Crippen LogP contribution in [0.5, 0.6) is 5.75 Å². The number of hydrogen-bond donors (Lipinski definition) is 3. The van der Waals surface area contributed by atoms with Crippen LogP contribution in [0.4, 0.5) is 0 Å². The molecule has 6 atom stereocenters. The monoisotopic (exact) mass is 512 g/mol. The maximum absolute atomic E-state index is 13.8. The number of carbonyl (C=O) groups is 5. The number of aliphatic hydroxyl groups is 1. The summed E-state index contributed by atoms with van der Waals surface area (Å²) in [6.07, 6.45) is 1.70. The molecule has 0 aliphatic heterocycles. The molecule has 3 aliphatic rings. The van der Waals surface area contributed by atoms with Crippen LogP contribution in [0.25, 0.3) is 5.57 Å². The number of aromatic hydroxyl groups is 1. The van der Waals surface area contributed by atoms with E-state index in [1.807, 2.05) is 13.8 Å². The molecule has 37 heavy (non-hydrogen) atoms. The Labute approximate surface area is 214 Å². The number of rotatable bonds is 5. The molecule has 0 saturated heterocycles. The molecule has 0 spiro atoms. The van der Waals surface area contributed by atoms with Gasteiger partial charge in [0.15, 0.2) is 34.7 Å². The highest BCUT2D eigenvalue weighted by atomic mass is 16.5. The van der Waals surface area contributed by atoms with Crippen LogP contribution in [-0.4, -0.2) is 76.0 Å². The number of ether oxygens (including phenoxy) is 1. The van der Waals surface area contributed by atoms with E-state index in [1.54, 1.807) is 33.3 Å². The van der Waals surface area contributed by atoms with Crippen LogP contribution in [0.15, 0.2) is 18.4 Å². The number of primary amides is 1. The van der Waals surface area contributed by atoms with Crippen molar-refractivity contribution in [3.63, 3.8) is 0 Å². The van der Waals surface area contributed by atoms with Gasteiger partial charge in [0.1, 0.15) is 5.75 Å². The second-order valence-corrected chi connectivity index (χ2v) is 10.8. The van der Waals surface area contributed by atoms with Crippen molar-refractivity contribution in [2.24, 2.45) is 29.4 Å². The summed E-state index contributed by atoms with van der Waals surface area (Å²) in [5.74, 6) is -10.6. The van der Waals surface area contributed by atoms with Crippen molar-refractivity contribution in [3.8, 4) is 5.75 Å². The van der Waals surface area contributed by atoms with Crippen LogP contribution in [0.1, 0.15) is 48.7 Å². The number of carbonyl (C=O) groups excluding carboxylic acids is 5. The number of allylic oxidation sites excluding steroid dienone is 1. The van der Waals surface area contributed by atoms with E-state index in [1.165, 1.54) is 11.0 Å². The summed E-state index contributed by atoms with van der Waals surface area (Å²) in [4.78, 5) is 67.5. The van der Waals surface area contributed by atoms with Gasteiger partial charge in [-0.2, -0.15) is 0 Å². The summed E-state index contributed by atoms with van der Waals surface area (Å²) in [7, 11) is 3.10. The van der Waals surface area contributed by atoms with Gasteiger partial charge in [0.05, 0.1) is 29.9 Å². The summed E-state index contributed by atoms with van der Waals surface area (Å²) in [6.45, 7) is 5.55. The van der Waals surface area contributed by atoms with E-state index in [0.29, 0.717) is 16.7 Å². The number of phenolic OH excluding ortho intramolecular Hbond substituents is 1. The largest absolute Gasteiger partial charge is 0.507 e. The molecule has 10 heteroatoms. The van der Waals surface area contributed by atoms with E-state index in [9.17, 15) is 34.2 Å². The number of Topliss-reactive ketones (excluding diaryl/α,β-unsaturated/α-hetero) is 4. The Hall–Kier alpha value is -3.37. The van der Waals surface area contributed by atoms with Gasteiger partial charge < -0.3 is 20.7 Å². The van der Waals surface area contributed by atoms with Crippen LogP contribution in [0.2, 0.25) is 0 Å². The molecule has 0 radical (unpaired) electrons. The maximum atomic E-state index is 13.8. The zero-order valence-electron chi connectivity index (χ0n) is 21.5. The third-order valence-corrected chi connectivity index (χ3v) is 7.89. The van der Waals surface area contributed by atoms with Crippen molar-refractivity contribution in [1.82, 2.24) is 4.90 Å². The number of ketones is 4. The average molecular weight is 513 g/mol. The molecule has 2 saturated carbocycles. The molecule has 1 aromatic carbocycles. The summed E-state index contributed by atoms with van der Waals surface area (Å²) in [6, 6.07) is 1.90. The van der Waals surface area contributed by atoms with Crippen molar-refractivity contribution < 1.29 is 38.9 Å². The third kappa shape index (κ3) is 3.90. The summed E-state index contributed by atoms with van der Waals surface area (Å²) in [5, 5.41) is 22.2. The van der Waals surface area contributed by atoms with E-state index < -0.39 is 64.4 Å². The Bertz CT molecular complexity index is 1250. The molecule has 2 fully saturated rings. The predicted molar refractivity (Wildman–Crippen MR) is 131 cm³/mol. The van der Waals surface area contributed by atoms with Crippen LogP contribution in [0, 0.1) is 23.7 Å². The van der Waals surface area contributed by atoms with E-state index >= 15 is 0 Å². The first-order chi connectivity index (χ1) is 17.2. The van der Waals surface area contributed by atoms with Crippen LogP contribution in [-0.2, 0) is 30.3 Å². The Balaban J connectivity index is 1.85. The zero-order valence-corrected chi connectivity index (χ0v) is 21.5. The summed E-state index contributed by atoms with van der Waals surface area (Å²) in [5.41, 5.74) is 4.48. The molecule has 198 valence electrons. The number of nitrogens with zero attached hydrogens (tertiary/aromatic N) is 1. The lowest BCUT2D eigenvalue weighted by atomic mass is 9.52. The second kappa shape index (κ2) is 9.18. The van der Waals surface area contributed by atoms with Crippen LogP contribution in [0.3, 0.4) is 0 Å². The minimum absolute atomic E-state index is 0.00421. The molecule has 1 amide bonds. The van der Waals surface area contributed by atoms with Crippen molar-refractivity contribution in [1.29, 1.82) is 0 Å². The van der Waals surface area contributed by atoms with Crippen molar-refractivity contribution in [2.75, 3.05) is 14.1 Å². The number of nitrogens with two attached hydrogens (primary N) is 1. The van der Waals surface area contributed by atoms with Gasteiger partial charge in [-0.1, -0.05) is 6.07 Å². The first kappa shape index (κ1) is 26.7. The fourth-order valence-corrected chi connectivity index (χ4v) is 6.28. The number of benzene rings is 1. The molecule has 2 unspecified atom stereocenters. The number of hydrogen-bond acceptors (Lipinski definition) is 9. The highest BCUT2D eigenvalue weighted by Crippen LogP contribution is 2.51. The van der Waals surface area contributed by atoms with Crippen molar-refractivity contribution in [3.05, 3.63) is 35.1 Å². The fraction of sp³-hybridized carbons (Fsp3) is 0.519. The Morgan fingerprint density at radius 3 is 2.41 bits per heavy atom. The van der Waals surface area contributed by atoms with E-state index in [0.717, 1.165) is 0 Å². The summed E-state index contributed by atoms with van der Waals surface area (Å²) >= 11 is 0. The normalized spacial score (nSPS) is 31.8. The van der Waals surface area contributed by atoms with Crippen molar-refractivity contribution in [2.45, 2.75) is 51.4 Å². The van der Waals surface area contributed by atoms with Gasteiger partial charge in [-0.05, 0) is 76.4 Å².